The highest BCUT2D eigenvalue weighted by Gasteiger charge is 2.17. The Morgan fingerprint density at radius 3 is 2.07 bits per heavy atom. The number of sulfonamides is 1. The molecule has 1 N–H and O–H groups in total. The van der Waals surface area contributed by atoms with Crippen molar-refractivity contribution in [3.8, 4) is 0 Å². The van der Waals surface area contributed by atoms with Gasteiger partial charge in [-0.2, -0.15) is 0 Å². The van der Waals surface area contributed by atoms with E-state index in [1.807, 2.05) is 0 Å². The van der Waals surface area contributed by atoms with Crippen LogP contribution in [0.15, 0.2) is 0 Å². The molecule has 0 aliphatic rings. The standard InChI is InChI=1S/C9H20BrNO2S/c1-4-8(5-2)9(10)7-11-14(12,13)6-3/h8-9,11H,4-7H2,1-3H3. The zero-order valence-corrected chi connectivity index (χ0v) is 11.5. The Balaban J connectivity index is 4.01. The van der Waals surface area contributed by atoms with Crippen LogP contribution in [0.1, 0.15) is 33.6 Å². The van der Waals surface area contributed by atoms with Gasteiger partial charge >= 0.3 is 0 Å². The molecule has 0 aromatic rings. The summed E-state index contributed by atoms with van der Waals surface area (Å²) in [7, 11) is -3.04. The van der Waals surface area contributed by atoms with Crippen molar-refractivity contribution in [3.63, 3.8) is 0 Å². The zero-order chi connectivity index (χ0) is 11.2. The number of alkyl halides is 1. The summed E-state index contributed by atoms with van der Waals surface area (Å²) in [6.07, 6.45) is 2.14. The molecule has 0 radical (unpaired) electrons. The molecule has 0 aromatic heterocycles. The highest BCUT2D eigenvalue weighted by Crippen LogP contribution is 2.19. The van der Waals surface area contributed by atoms with Gasteiger partial charge in [0.1, 0.15) is 0 Å². The van der Waals surface area contributed by atoms with E-state index in [1.165, 1.54) is 0 Å². The highest BCUT2D eigenvalue weighted by atomic mass is 79.9. The first-order valence-electron chi connectivity index (χ1n) is 5.08. The predicted octanol–water partition coefficient (Wildman–Crippen LogP) is 2.13. The van der Waals surface area contributed by atoms with Crippen LogP contribution < -0.4 is 4.72 Å². The summed E-state index contributed by atoms with van der Waals surface area (Å²) in [5.74, 6) is 0.685. The third-order valence-electron chi connectivity index (χ3n) is 2.44. The quantitative estimate of drug-likeness (QED) is 0.729. The Kier molecular flexibility index (Phi) is 6.99. The molecule has 0 aromatic carbocycles. The lowest BCUT2D eigenvalue weighted by Gasteiger charge is -2.19. The molecule has 0 fully saturated rings. The van der Waals surface area contributed by atoms with Crippen molar-refractivity contribution in [3.05, 3.63) is 0 Å². The fraction of sp³-hybridized carbons (Fsp3) is 1.00. The maximum absolute atomic E-state index is 11.2. The SMILES string of the molecule is CCC(CC)C(Br)CNS(=O)(=O)CC. The van der Waals surface area contributed by atoms with Crippen LogP contribution in [-0.4, -0.2) is 25.5 Å². The van der Waals surface area contributed by atoms with Gasteiger partial charge in [-0.05, 0) is 12.8 Å². The van der Waals surface area contributed by atoms with E-state index in [9.17, 15) is 8.42 Å². The van der Waals surface area contributed by atoms with Crippen LogP contribution in [0.4, 0.5) is 0 Å². The molecular weight excluding hydrogens is 266 g/mol. The zero-order valence-electron chi connectivity index (χ0n) is 9.09. The smallest absolute Gasteiger partial charge is 0.211 e. The van der Waals surface area contributed by atoms with E-state index in [2.05, 4.69) is 34.5 Å². The second-order valence-electron chi connectivity index (χ2n) is 3.34. The monoisotopic (exact) mass is 285 g/mol. The molecule has 0 saturated heterocycles. The number of hydrogen-bond donors (Lipinski definition) is 1. The Labute approximate surface area is 95.8 Å². The Morgan fingerprint density at radius 1 is 1.21 bits per heavy atom. The normalized spacial score (nSPS) is 14.6. The van der Waals surface area contributed by atoms with Crippen molar-refractivity contribution in [1.82, 2.24) is 4.72 Å². The van der Waals surface area contributed by atoms with Gasteiger partial charge < -0.3 is 0 Å². The lowest BCUT2D eigenvalue weighted by molar-refractivity contribution is 0.471. The van der Waals surface area contributed by atoms with Gasteiger partial charge in [0.05, 0.1) is 5.75 Å². The molecule has 5 heteroatoms. The van der Waals surface area contributed by atoms with Crippen molar-refractivity contribution >= 4 is 26.0 Å². The molecule has 1 unspecified atom stereocenters. The second-order valence-corrected chi connectivity index (χ2v) is 6.62. The maximum atomic E-state index is 11.2. The molecule has 0 saturated carbocycles. The third-order valence-corrected chi connectivity index (χ3v) is 4.88. The number of halogens is 1. The molecule has 0 aliphatic heterocycles. The van der Waals surface area contributed by atoms with Crippen molar-refractivity contribution in [2.45, 2.75) is 38.4 Å². The Morgan fingerprint density at radius 2 is 1.71 bits per heavy atom. The molecule has 14 heavy (non-hydrogen) atoms. The van der Waals surface area contributed by atoms with Gasteiger partial charge in [-0.15, -0.1) is 0 Å². The van der Waals surface area contributed by atoms with Crippen molar-refractivity contribution in [2.24, 2.45) is 5.92 Å². The Hall–Kier alpha value is 0.390. The lowest BCUT2D eigenvalue weighted by atomic mass is 10.00. The maximum Gasteiger partial charge on any atom is 0.211 e. The van der Waals surface area contributed by atoms with Gasteiger partial charge in [0.25, 0.3) is 0 Å². The fourth-order valence-corrected chi connectivity index (χ4v) is 3.04. The summed E-state index contributed by atoms with van der Waals surface area (Å²) in [6.45, 7) is 6.37. The lowest BCUT2D eigenvalue weighted by Crippen LogP contribution is -2.33. The summed E-state index contributed by atoms with van der Waals surface area (Å²) in [4.78, 5) is 0.235. The van der Waals surface area contributed by atoms with Crippen molar-refractivity contribution in [2.75, 3.05) is 12.3 Å². The topological polar surface area (TPSA) is 46.2 Å². The van der Waals surface area contributed by atoms with Gasteiger partial charge in [-0.1, -0.05) is 42.6 Å². The largest absolute Gasteiger partial charge is 0.214 e. The van der Waals surface area contributed by atoms with Gasteiger partial charge in [0.15, 0.2) is 0 Å². The predicted molar refractivity (Wildman–Crippen MR) is 64.3 cm³/mol. The number of rotatable bonds is 7. The molecule has 0 aliphatic carbocycles. The molecule has 1 atom stereocenters. The van der Waals surface area contributed by atoms with Crippen LogP contribution in [0.25, 0.3) is 0 Å². The molecule has 3 nitrogen and oxygen atoms in total. The van der Waals surface area contributed by atoms with Gasteiger partial charge in [-0.3, -0.25) is 0 Å². The van der Waals surface area contributed by atoms with E-state index < -0.39 is 10.0 Å². The van der Waals surface area contributed by atoms with Crippen molar-refractivity contribution in [1.29, 1.82) is 0 Å². The first-order chi connectivity index (χ1) is 6.46. The fourth-order valence-electron chi connectivity index (χ4n) is 1.28. The molecular formula is C9H20BrNO2S. The van der Waals surface area contributed by atoms with Gasteiger partial charge in [0, 0.05) is 11.4 Å². The van der Waals surface area contributed by atoms with E-state index in [0.29, 0.717) is 12.5 Å². The molecule has 0 bridgehead atoms. The summed E-state index contributed by atoms with van der Waals surface area (Å²) in [5, 5.41) is 0. The molecule has 0 rings (SSSR count). The van der Waals surface area contributed by atoms with Crippen LogP contribution >= 0.6 is 15.9 Å². The minimum Gasteiger partial charge on any atom is -0.214 e. The molecule has 86 valence electrons. The molecule has 0 heterocycles. The van der Waals surface area contributed by atoms with Crippen LogP contribution in [0.3, 0.4) is 0 Å². The summed E-state index contributed by atoms with van der Waals surface area (Å²) >= 11 is 3.52. The van der Waals surface area contributed by atoms with E-state index in [-0.39, 0.29) is 10.6 Å². The first-order valence-corrected chi connectivity index (χ1v) is 7.65. The van der Waals surface area contributed by atoms with E-state index >= 15 is 0 Å². The van der Waals surface area contributed by atoms with Gasteiger partial charge in [-0.25, -0.2) is 13.1 Å². The van der Waals surface area contributed by atoms with Crippen molar-refractivity contribution < 1.29 is 8.42 Å². The average Bonchev–Trinajstić information content (AvgIpc) is 2.17. The number of hydrogen-bond acceptors (Lipinski definition) is 2. The highest BCUT2D eigenvalue weighted by molar-refractivity contribution is 9.09. The minimum absolute atomic E-state index is 0.148. The van der Waals surface area contributed by atoms with Crippen LogP contribution in [-0.2, 0) is 10.0 Å². The van der Waals surface area contributed by atoms with Crippen LogP contribution in [0, 0.1) is 5.92 Å². The first kappa shape index (κ1) is 14.4. The van der Waals surface area contributed by atoms with Crippen LogP contribution in [0.5, 0.6) is 0 Å². The summed E-state index contributed by atoms with van der Waals surface area (Å²) < 4.78 is 24.9. The number of nitrogens with one attached hydrogen (secondary N) is 1. The molecule has 0 amide bonds. The summed E-state index contributed by atoms with van der Waals surface area (Å²) in [6, 6.07) is 0. The summed E-state index contributed by atoms with van der Waals surface area (Å²) in [5.41, 5.74) is 0. The average molecular weight is 286 g/mol. The third kappa shape index (κ3) is 5.32. The molecule has 0 spiro atoms. The Bertz CT molecular complexity index is 237. The van der Waals surface area contributed by atoms with E-state index in [1.54, 1.807) is 6.92 Å². The van der Waals surface area contributed by atoms with Crippen LogP contribution in [0.2, 0.25) is 0 Å². The minimum atomic E-state index is -3.04. The van der Waals surface area contributed by atoms with Gasteiger partial charge in [0.2, 0.25) is 10.0 Å². The second kappa shape index (κ2) is 6.80. The van der Waals surface area contributed by atoms with E-state index in [0.717, 1.165) is 12.8 Å². The van der Waals surface area contributed by atoms with E-state index in [4.69, 9.17) is 0 Å².